The third-order valence-corrected chi connectivity index (χ3v) is 5.91. The highest BCUT2D eigenvalue weighted by Crippen LogP contribution is 2.28. The summed E-state index contributed by atoms with van der Waals surface area (Å²) in [7, 11) is 1.90. The van der Waals surface area contributed by atoms with E-state index in [0.29, 0.717) is 6.61 Å². The molecule has 160 valence electrons. The highest BCUT2D eigenvalue weighted by Gasteiger charge is 2.24. The maximum atomic E-state index is 13.8. The van der Waals surface area contributed by atoms with E-state index in [0.717, 1.165) is 54.0 Å². The Morgan fingerprint density at radius 2 is 2.10 bits per heavy atom. The van der Waals surface area contributed by atoms with Crippen LogP contribution < -0.4 is 0 Å². The summed E-state index contributed by atoms with van der Waals surface area (Å²) in [6.45, 7) is 5.99. The van der Waals surface area contributed by atoms with Crippen LogP contribution in [0.25, 0.3) is 22.2 Å². The number of pyridine rings is 1. The van der Waals surface area contributed by atoms with Gasteiger partial charge in [-0.15, -0.1) is 0 Å². The minimum atomic E-state index is -0.196. The SMILES string of the molecule is CCn1cc(CN2CCOC(c3cccc(-c4cnn(C)c4)n3)C2)c2ccc(F)cc21. The summed E-state index contributed by atoms with van der Waals surface area (Å²) in [5.74, 6) is -0.196. The average molecular weight is 420 g/mol. The Balaban J connectivity index is 1.36. The third kappa shape index (κ3) is 3.98. The standard InChI is InChI=1S/C24H26FN5O/c1-3-30-15-18(20-8-7-19(25)11-23(20)30)14-29-9-10-31-24(16-29)22-6-4-5-21(27-22)17-12-26-28(2)13-17/h4-8,11-13,15,24H,3,9-10,14,16H2,1-2H3. The number of morpholine rings is 1. The van der Waals surface area contributed by atoms with E-state index < -0.39 is 0 Å². The van der Waals surface area contributed by atoms with E-state index in [1.807, 2.05) is 43.7 Å². The van der Waals surface area contributed by atoms with Crippen LogP contribution in [0.4, 0.5) is 4.39 Å². The molecule has 7 heteroatoms. The molecule has 6 nitrogen and oxygen atoms in total. The number of fused-ring (bicyclic) bond motifs is 1. The molecule has 0 saturated carbocycles. The molecule has 1 fully saturated rings. The van der Waals surface area contributed by atoms with Crippen LogP contribution in [0, 0.1) is 5.82 Å². The number of hydrogen-bond acceptors (Lipinski definition) is 4. The van der Waals surface area contributed by atoms with Gasteiger partial charge in [0.25, 0.3) is 0 Å². The summed E-state index contributed by atoms with van der Waals surface area (Å²) in [4.78, 5) is 7.24. The fourth-order valence-electron chi connectivity index (χ4n) is 4.34. The molecule has 3 aromatic heterocycles. The molecule has 4 heterocycles. The molecule has 0 aliphatic carbocycles. The first-order valence-corrected chi connectivity index (χ1v) is 10.7. The van der Waals surface area contributed by atoms with E-state index in [9.17, 15) is 4.39 Å². The minimum absolute atomic E-state index is 0.0812. The molecular formula is C24H26FN5O. The minimum Gasteiger partial charge on any atom is -0.369 e. The van der Waals surface area contributed by atoms with Gasteiger partial charge >= 0.3 is 0 Å². The zero-order chi connectivity index (χ0) is 21.4. The molecule has 1 aliphatic rings. The summed E-state index contributed by atoms with van der Waals surface area (Å²) < 4.78 is 23.7. The van der Waals surface area contributed by atoms with Crippen LogP contribution in [0.2, 0.25) is 0 Å². The van der Waals surface area contributed by atoms with Crippen LogP contribution >= 0.6 is 0 Å². The highest BCUT2D eigenvalue weighted by molar-refractivity contribution is 5.84. The zero-order valence-corrected chi connectivity index (χ0v) is 17.8. The number of aryl methyl sites for hydroxylation is 2. The monoisotopic (exact) mass is 419 g/mol. The number of benzene rings is 1. The maximum absolute atomic E-state index is 13.8. The smallest absolute Gasteiger partial charge is 0.125 e. The Hall–Kier alpha value is -3.03. The number of ether oxygens (including phenoxy) is 1. The van der Waals surface area contributed by atoms with E-state index >= 15 is 0 Å². The quantitative estimate of drug-likeness (QED) is 0.487. The Bertz CT molecular complexity index is 1210. The lowest BCUT2D eigenvalue weighted by molar-refractivity contribution is -0.0348. The van der Waals surface area contributed by atoms with Crippen LogP contribution in [-0.2, 0) is 24.9 Å². The molecule has 5 rings (SSSR count). The normalized spacial score (nSPS) is 17.5. The second kappa shape index (κ2) is 8.24. The summed E-state index contributed by atoms with van der Waals surface area (Å²) in [5.41, 5.74) is 5.00. The molecule has 0 amide bonds. The number of halogens is 1. The number of rotatable bonds is 5. The van der Waals surface area contributed by atoms with Crippen LogP contribution in [-0.4, -0.2) is 43.9 Å². The first kappa shape index (κ1) is 19.9. The van der Waals surface area contributed by atoms with E-state index in [-0.39, 0.29) is 11.9 Å². The maximum Gasteiger partial charge on any atom is 0.125 e. The molecule has 0 N–H and O–H groups in total. The largest absolute Gasteiger partial charge is 0.369 e. The molecule has 31 heavy (non-hydrogen) atoms. The van der Waals surface area contributed by atoms with E-state index in [2.05, 4.69) is 27.7 Å². The average Bonchev–Trinajstić information content (AvgIpc) is 3.37. The third-order valence-electron chi connectivity index (χ3n) is 5.91. The first-order chi connectivity index (χ1) is 15.1. The fourth-order valence-corrected chi connectivity index (χ4v) is 4.34. The summed E-state index contributed by atoms with van der Waals surface area (Å²) >= 11 is 0. The van der Waals surface area contributed by atoms with Gasteiger partial charge in [0.1, 0.15) is 11.9 Å². The van der Waals surface area contributed by atoms with Crippen molar-refractivity contribution in [3.63, 3.8) is 0 Å². The molecule has 4 aromatic rings. The topological polar surface area (TPSA) is 48.1 Å². The highest BCUT2D eigenvalue weighted by atomic mass is 19.1. The molecular weight excluding hydrogens is 393 g/mol. The number of hydrogen-bond donors (Lipinski definition) is 0. The molecule has 1 aliphatic heterocycles. The van der Waals surface area contributed by atoms with E-state index in [1.54, 1.807) is 16.8 Å². The summed E-state index contributed by atoms with van der Waals surface area (Å²) in [5, 5.41) is 5.36. The van der Waals surface area contributed by atoms with E-state index in [1.165, 1.54) is 5.56 Å². The van der Waals surface area contributed by atoms with Crippen molar-refractivity contribution in [1.82, 2.24) is 24.2 Å². The Morgan fingerprint density at radius 1 is 1.19 bits per heavy atom. The van der Waals surface area contributed by atoms with Crippen LogP contribution in [0.3, 0.4) is 0 Å². The van der Waals surface area contributed by atoms with Gasteiger partial charge in [-0.3, -0.25) is 9.58 Å². The van der Waals surface area contributed by atoms with Crippen molar-refractivity contribution in [1.29, 1.82) is 0 Å². The van der Waals surface area contributed by atoms with Crippen molar-refractivity contribution >= 4 is 10.9 Å². The van der Waals surface area contributed by atoms with Crippen molar-refractivity contribution in [2.24, 2.45) is 7.05 Å². The molecule has 1 aromatic carbocycles. The lowest BCUT2D eigenvalue weighted by atomic mass is 10.1. The van der Waals surface area contributed by atoms with Crippen molar-refractivity contribution < 1.29 is 9.13 Å². The van der Waals surface area contributed by atoms with Crippen molar-refractivity contribution in [2.75, 3.05) is 19.7 Å². The number of nitrogens with zero attached hydrogens (tertiary/aromatic N) is 5. The fraction of sp³-hybridized carbons (Fsp3) is 0.333. The van der Waals surface area contributed by atoms with Gasteiger partial charge in [-0.2, -0.15) is 5.10 Å². The summed E-state index contributed by atoms with van der Waals surface area (Å²) in [6.07, 6.45) is 5.86. The van der Waals surface area contributed by atoms with Gasteiger partial charge in [0.15, 0.2) is 0 Å². The zero-order valence-electron chi connectivity index (χ0n) is 17.8. The van der Waals surface area contributed by atoms with Gasteiger partial charge < -0.3 is 9.30 Å². The molecule has 0 radical (unpaired) electrons. The first-order valence-electron chi connectivity index (χ1n) is 10.7. The van der Waals surface area contributed by atoms with E-state index in [4.69, 9.17) is 9.72 Å². The summed E-state index contributed by atoms with van der Waals surface area (Å²) in [6, 6.07) is 11.1. The van der Waals surface area contributed by atoms with Gasteiger partial charge in [-0.05, 0) is 42.8 Å². The Morgan fingerprint density at radius 3 is 2.90 bits per heavy atom. The van der Waals surface area contributed by atoms with Crippen molar-refractivity contribution in [2.45, 2.75) is 26.1 Å². The Labute approximate surface area is 180 Å². The molecule has 1 saturated heterocycles. The van der Waals surface area contributed by atoms with Gasteiger partial charge in [0, 0.05) is 56.6 Å². The predicted octanol–water partition coefficient (Wildman–Crippen LogP) is 4.17. The molecule has 1 atom stereocenters. The molecule has 0 bridgehead atoms. The van der Waals surface area contributed by atoms with Crippen molar-refractivity contribution in [3.8, 4) is 11.3 Å². The predicted molar refractivity (Wildman–Crippen MR) is 118 cm³/mol. The second-order valence-electron chi connectivity index (χ2n) is 8.05. The molecule has 0 spiro atoms. The van der Waals surface area contributed by atoms with Crippen LogP contribution in [0.5, 0.6) is 0 Å². The lowest BCUT2D eigenvalue weighted by Gasteiger charge is -2.32. The van der Waals surface area contributed by atoms with Gasteiger partial charge in [0.2, 0.25) is 0 Å². The van der Waals surface area contributed by atoms with Gasteiger partial charge in [-0.25, -0.2) is 9.37 Å². The Kier molecular flexibility index (Phi) is 5.29. The molecule has 1 unspecified atom stereocenters. The van der Waals surface area contributed by atoms with Crippen LogP contribution in [0.1, 0.15) is 24.3 Å². The van der Waals surface area contributed by atoms with Gasteiger partial charge in [0.05, 0.1) is 29.7 Å². The lowest BCUT2D eigenvalue weighted by Crippen LogP contribution is -2.38. The van der Waals surface area contributed by atoms with Crippen LogP contribution in [0.15, 0.2) is 55.0 Å². The van der Waals surface area contributed by atoms with Crippen molar-refractivity contribution in [3.05, 3.63) is 72.1 Å². The number of aromatic nitrogens is 4. The second-order valence-corrected chi connectivity index (χ2v) is 8.05. The van der Waals surface area contributed by atoms with Gasteiger partial charge in [-0.1, -0.05) is 6.07 Å².